The third-order valence-corrected chi connectivity index (χ3v) is 5.42. The third-order valence-electron chi connectivity index (χ3n) is 5.42. The molecule has 0 saturated carbocycles. The van der Waals surface area contributed by atoms with Crippen LogP contribution in [0.5, 0.6) is 0 Å². The van der Waals surface area contributed by atoms with Gasteiger partial charge in [0.05, 0.1) is 39.6 Å². The summed E-state index contributed by atoms with van der Waals surface area (Å²) in [6, 6.07) is 5.02. The quantitative estimate of drug-likeness (QED) is 0.257. The minimum Gasteiger partial charge on any atom is -0.378 e. The first kappa shape index (κ1) is 24.3. The molecular weight excluding hydrogens is 416 g/mol. The first-order chi connectivity index (χ1) is 15.6. The molecule has 0 bridgehead atoms. The van der Waals surface area contributed by atoms with Crippen molar-refractivity contribution in [3.63, 3.8) is 0 Å². The van der Waals surface area contributed by atoms with Gasteiger partial charge >= 0.3 is 0 Å². The van der Waals surface area contributed by atoms with Gasteiger partial charge in [0.25, 0.3) is 5.91 Å². The molecule has 0 radical (unpaired) electrons. The first-order valence-electron chi connectivity index (χ1n) is 11.0. The van der Waals surface area contributed by atoms with Crippen molar-refractivity contribution in [3.05, 3.63) is 34.9 Å². The minimum atomic E-state index is -0.601. The summed E-state index contributed by atoms with van der Waals surface area (Å²) < 4.78 is 16.2. The molecule has 1 unspecified atom stereocenters. The highest BCUT2D eigenvalue weighted by molar-refractivity contribution is 6.05. The summed E-state index contributed by atoms with van der Waals surface area (Å²) in [5.74, 6) is -0.843. The second kappa shape index (κ2) is 12.6. The summed E-state index contributed by atoms with van der Waals surface area (Å²) in [7, 11) is 0. The average molecular weight is 449 g/mol. The fraction of sp³-hybridized carbons (Fsp3) is 0.591. The molecule has 0 aliphatic carbocycles. The molecule has 3 rings (SSSR count). The lowest BCUT2D eigenvalue weighted by molar-refractivity contribution is -0.136. The average Bonchev–Trinajstić information content (AvgIpc) is 3.11. The van der Waals surface area contributed by atoms with E-state index in [-0.39, 0.29) is 18.2 Å². The normalized spacial score (nSPS) is 18.2. The van der Waals surface area contributed by atoms with E-state index in [9.17, 15) is 14.4 Å². The molecular formula is C22H32N4O6. The zero-order valence-corrected chi connectivity index (χ0v) is 18.3. The van der Waals surface area contributed by atoms with Gasteiger partial charge in [0.1, 0.15) is 6.04 Å². The van der Waals surface area contributed by atoms with E-state index in [1.807, 2.05) is 12.1 Å². The number of rotatable bonds is 14. The lowest BCUT2D eigenvalue weighted by Crippen LogP contribution is -2.52. The molecule has 1 aromatic carbocycles. The van der Waals surface area contributed by atoms with Gasteiger partial charge in [0.2, 0.25) is 11.8 Å². The van der Waals surface area contributed by atoms with Crippen LogP contribution in [0.4, 0.5) is 0 Å². The fourth-order valence-corrected chi connectivity index (χ4v) is 3.81. The molecule has 4 N–H and O–H groups in total. The summed E-state index contributed by atoms with van der Waals surface area (Å²) in [6.45, 7) is 5.30. The van der Waals surface area contributed by atoms with Crippen molar-refractivity contribution in [2.24, 2.45) is 5.73 Å². The van der Waals surface area contributed by atoms with E-state index in [0.717, 1.165) is 11.1 Å². The number of ether oxygens (including phenoxy) is 3. The zero-order chi connectivity index (χ0) is 22.8. The Balaban J connectivity index is 1.37. The van der Waals surface area contributed by atoms with Crippen LogP contribution in [-0.4, -0.2) is 81.4 Å². The SMILES string of the molecule is NCCOCCOCCOCCNCc1cccc2c1CN(C1CCC(=O)NC1=O)C2=O. The number of amides is 3. The molecule has 2 heterocycles. The topological polar surface area (TPSA) is 132 Å². The van der Waals surface area contributed by atoms with Gasteiger partial charge in [-0.15, -0.1) is 0 Å². The van der Waals surface area contributed by atoms with Gasteiger partial charge in [-0.3, -0.25) is 19.7 Å². The molecule has 1 atom stereocenters. The lowest BCUT2D eigenvalue weighted by Gasteiger charge is -2.29. The highest BCUT2D eigenvalue weighted by Gasteiger charge is 2.39. The Morgan fingerprint density at radius 1 is 1.03 bits per heavy atom. The number of hydrogen-bond acceptors (Lipinski definition) is 8. The van der Waals surface area contributed by atoms with E-state index < -0.39 is 11.9 Å². The second-order valence-electron chi connectivity index (χ2n) is 7.65. The van der Waals surface area contributed by atoms with E-state index in [0.29, 0.717) is 77.8 Å². The highest BCUT2D eigenvalue weighted by atomic mass is 16.5. The molecule has 2 aliphatic heterocycles. The van der Waals surface area contributed by atoms with Crippen molar-refractivity contribution >= 4 is 17.7 Å². The number of hydrogen-bond donors (Lipinski definition) is 3. The summed E-state index contributed by atoms with van der Waals surface area (Å²) >= 11 is 0. The highest BCUT2D eigenvalue weighted by Crippen LogP contribution is 2.29. The van der Waals surface area contributed by atoms with Crippen LogP contribution in [0.15, 0.2) is 18.2 Å². The third kappa shape index (κ3) is 6.57. The van der Waals surface area contributed by atoms with Crippen LogP contribution in [0.3, 0.4) is 0 Å². The molecule has 0 spiro atoms. The molecule has 3 amide bonds. The number of benzene rings is 1. The summed E-state index contributed by atoms with van der Waals surface area (Å²) in [5.41, 5.74) is 7.91. The Morgan fingerprint density at radius 3 is 2.47 bits per heavy atom. The number of carbonyl (C=O) groups excluding carboxylic acids is 3. The number of imide groups is 1. The smallest absolute Gasteiger partial charge is 0.255 e. The summed E-state index contributed by atoms with van der Waals surface area (Å²) in [4.78, 5) is 38.0. The number of piperidine rings is 1. The van der Waals surface area contributed by atoms with Crippen molar-refractivity contribution < 1.29 is 28.6 Å². The molecule has 1 fully saturated rings. The predicted molar refractivity (Wildman–Crippen MR) is 116 cm³/mol. The van der Waals surface area contributed by atoms with Gasteiger partial charge in [0, 0.05) is 38.2 Å². The Hall–Kier alpha value is -2.37. The minimum absolute atomic E-state index is 0.159. The van der Waals surface area contributed by atoms with Crippen LogP contribution in [0.2, 0.25) is 0 Å². The molecule has 176 valence electrons. The number of nitrogens with two attached hydrogens (primary N) is 1. The first-order valence-corrected chi connectivity index (χ1v) is 11.0. The van der Waals surface area contributed by atoms with Crippen LogP contribution < -0.4 is 16.4 Å². The molecule has 32 heavy (non-hydrogen) atoms. The van der Waals surface area contributed by atoms with Crippen molar-refractivity contribution in [1.82, 2.24) is 15.5 Å². The van der Waals surface area contributed by atoms with E-state index in [2.05, 4.69) is 10.6 Å². The molecule has 0 aromatic heterocycles. The molecule has 10 nitrogen and oxygen atoms in total. The number of fused-ring (bicyclic) bond motifs is 1. The Kier molecular flexibility index (Phi) is 9.57. The summed E-state index contributed by atoms with van der Waals surface area (Å²) in [5, 5.41) is 5.66. The van der Waals surface area contributed by atoms with Gasteiger partial charge in [-0.05, 0) is 23.6 Å². The van der Waals surface area contributed by atoms with E-state index in [1.165, 1.54) is 0 Å². The van der Waals surface area contributed by atoms with Gasteiger partial charge in [-0.1, -0.05) is 12.1 Å². The Labute approximate surface area is 187 Å². The van der Waals surface area contributed by atoms with Crippen LogP contribution in [0.1, 0.15) is 34.3 Å². The van der Waals surface area contributed by atoms with Crippen LogP contribution in [0, 0.1) is 0 Å². The van der Waals surface area contributed by atoms with Crippen LogP contribution in [0.25, 0.3) is 0 Å². The number of carbonyl (C=O) groups is 3. The molecule has 10 heteroatoms. The maximum Gasteiger partial charge on any atom is 0.255 e. The van der Waals surface area contributed by atoms with Crippen molar-refractivity contribution in [2.45, 2.75) is 32.0 Å². The van der Waals surface area contributed by atoms with Gasteiger partial charge in [-0.25, -0.2) is 0 Å². The monoisotopic (exact) mass is 448 g/mol. The van der Waals surface area contributed by atoms with Gasteiger partial charge in [-0.2, -0.15) is 0 Å². The van der Waals surface area contributed by atoms with E-state index >= 15 is 0 Å². The van der Waals surface area contributed by atoms with Crippen LogP contribution >= 0.6 is 0 Å². The van der Waals surface area contributed by atoms with Gasteiger partial charge < -0.3 is 30.2 Å². The number of nitrogens with zero attached hydrogens (tertiary/aromatic N) is 1. The van der Waals surface area contributed by atoms with E-state index in [4.69, 9.17) is 19.9 Å². The number of nitrogens with one attached hydrogen (secondary N) is 2. The molecule has 2 aliphatic rings. The second-order valence-corrected chi connectivity index (χ2v) is 7.65. The van der Waals surface area contributed by atoms with Crippen molar-refractivity contribution in [1.29, 1.82) is 0 Å². The van der Waals surface area contributed by atoms with Gasteiger partial charge in [0.15, 0.2) is 0 Å². The maximum absolute atomic E-state index is 12.8. The lowest BCUT2D eigenvalue weighted by atomic mass is 10.0. The van der Waals surface area contributed by atoms with E-state index in [1.54, 1.807) is 11.0 Å². The van der Waals surface area contributed by atoms with Crippen LogP contribution in [-0.2, 0) is 36.9 Å². The molecule has 1 saturated heterocycles. The van der Waals surface area contributed by atoms with Crippen molar-refractivity contribution in [2.75, 3.05) is 52.7 Å². The molecule has 1 aromatic rings. The summed E-state index contributed by atoms with van der Waals surface area (Å²) in [6.07, 6.45) is 0.609. The standard InChI is InChI=1S/C22H32N4O6/c23-6-8-30-10-12-32-13-11-31-9-7-24-14-16-2-1-3-17-18(16)15-26(22(17)29)19-4-5-20(27)25-21(19)28/h1-3,19,24H,4-15,23H2,(H,25,27,28). The Morgan fingerprint density at radius 2 is 1.75 bits per heavy atom. The Bertz CT molecular complexity index is 803. The zero-order valence-electron chi connectivity index (χ0n) is 18.3. The van der Waals surface area contributed by atoms with Crippen molar-refractivity contribution in [3.8, 4) is 0 Å². The maximum atomic E-state index is 12.8. The predicted octanol–water partition coefficient (Wildman–Crippen LogP) is -0.454. The fourth-order valence-electron chi connectivity index (χ4n) is 3.81. The largest absolute Gasteiger partial charge is 0.378 e.